The van der Waals surface area contributed by atoms with Crippen molar-refractivity contribution in [3.63, 3.8) is 0 Å². The average molecular weight is 415 g/mol. The number of hydrogen-bond acceptors (Lipinski definition) is 4. The lowest BCUT2D eigenvalue weighted by Gasteiger charge is -2.22. The highest BCUT2D eigenvalue weighted by molar-refractivity contribution is 8.02. The third-order valence-corrected chi connectivity index (χ3v) is 5.89. The number of nitrogens with zero attached hydrogens (tertiary/aromatic N) is 1. The van der Waals surface area contributed by atoms with Gasteiger partial charge >= 0.3 is 0 Å². The van der Waals surface area contributed by atoms with Gasteiger partial charge in [0.15, 0.2) is 0 Å². The molecular weight excluding hydrogens is 388 g/mol. The molecule has 0 aromatic heterocycles. The van der Waals surface area contributed by atoms with Crippen LogP contribution in [0.1, 0.15) is 33.9 Å². The van der Waals surface area contributed by atoms with E-state index in [1.54, 1.807) is 18.0 Å². The molecule has 1 atom stereocenters. The van der Waals surface area contributed by atoms with E-state index in [1.165, 1.54) is 0 Å². The third-order valence-electron chi connectivity index (χ3n) is 5.07. The first kappa shape index (κ1) is 21.7. The number of hydrogen-bond donors (Lipinski definition) is 1. The third kappa shape index (κ3) is 4.94. The first-order valence-electron chi connectivity index (χ1n) is 9.80. The Labute approximate surface area is 183 Å². The summed E-state index contributed by atoms with van der Waals surface area (Å²) in [5.74, 6) is 0. The predicted molar refractivity (Wildman–Crippen MR) is 126 cm³/mol. The van der Waals surface area contributed by atoms with E-state index in [9.17, 15) is 5.26 Å². The lowest BCUT2D eigenvalue weighted by molar-refractivity contribution is 0.0693. The van der Waals surface area contributed by atoms with Crippen LogP contribution in [0.3, 0.4) is 0 Å². The molecule has 30 heavy (non-hydrogen) atoms. The molecular formula is C26H26N2OS. The van der Waals surface area contributed by atoms with E-state index in [-0.39, 0.29) is 6.10 Å². The number of benzene rings is 3. The highest BCUT2D eigenvalue weighted by Crippen LogP contribution is 2.36. The van der Waals surface area contributed by atoms with Gasteiger partial charge in [-0.3, -0.25) is 0 Å². The summed E-state index contributed by atoms with van der Waals surface area (Å²) >= 11 is 1.57. The van der Waals surface area contributed by atoms with Crippen LogP contribution < -0.4 is 5.73 Å². The van der Waals surface area contributed by atoms with Crippen molar-refractivity contribution in [3.8, 4) is 17.2 Å². The second-order valence-electron chi connectivity index (χ2n) is 7.19. The van der Waals surface area contributed by atoms with Gasteiger partial charge < -0.3 is 10.5 Å². The Morgan fingerprint density at radius 3 is 2.50 bits per heavy atom. The minimum atomic E-state index is -0.304. The maximum Gasteiger partial charge on any atom is 0.115 e. The Morgan fingerprint density at radius 2 is 1.83 bits per heavy atom. The molecule has 2 N–H and O–H groups in total. The van der Waals surface area contributed by atoms with Crippen LogP contribution in [0, 0.1) is 25.2 Å². The highest BCUT2D eigenvalue weighted by atomic mass is 32.2. The number of ether oxygens (including phenoxy) is 1. The highest BCUT2D eigenvalue weighted by Gasteiger charge is 2.20. The zero-order valence-electron chi connectivity index (χ0n) is 17.6. The number of nitrogens with two attached hydrogens (primary N) is 1. The molecule has 0 saturated heterocycles. The fourth-order valence-corrected chi connectivity index (χ4v) is 3.98. The maximum absolute atomic E-state index is 9.71. The lowest BCUT2D eigenvalue weighted by Crippen LogP contribution is -2.08. The summed E-state index contributed by atoms with van der Waals surface area (Å²) in [5.41, 5.74) is 12.9. The van der Waals surface area contributed by atoms with Crippen molar-refractivity contribution in [1.82, 2.24) is 0 Å². The van der Waals surface area contributed by atoms with Crippen molar-refractivity contribution in [1.29, 1.82) is 5.26 Å². The van der Waals surface area contributed by atoms with Crippen LogP contribution in [0.15, 0.2) is 77.8 Å². The Hall–Kier alpha value is -3.00. The zero-order chi connectivity index (χ0) is 21.5. The Kier molecular flexibility index (Phi) is 7.35. The van der Waals surface area contributed by atoms with Crippen molar-refractivity contribution in [2.24, 2.45) is 5.73 Å². The molecule has 0 spiro atoms. The molecule has 0 aliphatic heterocycles. The molecule has 1 unspecified atom stereocenters. The quantitative estimate of drug-likeness (QED) is 0.495. The fourth-order valence-electron chi connectivity index (χ4n) is 3.43. The Balaban J connectivity index is 2.05. The van der Waals surface area contributed by atoms with Crippen LogP contribution in [0.4, 0.5) is 0 Å². The number of rotatable bonds is 7. The van der Waals surface area contributed by atoms with Crippen molar-refractivity contribution in [3.05, 3.63) is 106 Å². The van der Waals surface area contributed by atoms with Crippen LogP contribution >= 0.6 is 11.8 Å². The summed E-state index contributed by atoms with van der Waals surface area (Å²) in [6, 6.07) is 24.6. The van der Waals surface area contributed by atoms with Crippen molar-refractivity contribution in [2.45, 2.75) is 26.6 Å². The molecule has 4 heteroatoms. The first-order valence-corrected chi connectivity index (χ1v) is 11.0. The fraction of sp³-hybridized carbons (Fsp3) is 0.192. The van der Waals surface area contributed by atoms with Gasteiger partial charge in [-0.2, -0.15) is 5.26 Å². The van der Waals surface area contributed by atoms with Gasteiger partial charge in [0.05, 0.1) is 18.2 Å². The van der Waals surface area contributed by atoms with E-state index in [0.29, 0.717) is 12.2 Å². The van der Waals surface area contributed by atoms with Crippen LogP contribution in [-0.2, 0) is 11.3 Å². The molecule has 3 rings (SSSR count). The molecule has 3 aromatic carbocycles. The molecule has 0 saturated carbocycles. The smallest absolute Gasteiger partial charge is 0.115 e. The molecule has 0 fully saturated rings. The van der Waals surface area contributed by atoms with E-state index in [0.717, 1.165) is 38.3 Å². The summed E-state index contributed by atoms with van der Waals surface area (Å²) in [6.45, 7) is 4.61. The number of thioether (sulfide) groups is 1. The molecule has 0 aliphatic carbocycles. The number of aryl methyl sites for hydroxylation is 2. The SMILES string of the molecule is CS/C(=C\N)C(OCc1ccccc1)c1ccc(C#N)c(-c2cc(C)ccc2C)c1. The molecule has 0 aliphatic rings. The Bertz CT molecular complexity index is 1080. The summed E-state index contributed by atoms with van der Waals surface area (Å²) in [6.07, 6.45) is 3.30. The molecule has 0 heterocycles. The zero-order valence-corrected chi connectivity index (χ0v) is 18.4. The van der Waals surface area contributed by atoms with E-state index in [4.69, 9.17) is 10.5 Å². The van der Waals surface area contributed by atoms with Gasteiger partial charge in [0.2, 0.25) is 0 Å². The van der Waals surface area contributed by atoms with Gasteiger partial charge in [0.1, 0.15) is 6.10 Å². The van der Waals surface area contributed by atoms with Gasteiger partial charge in [-0.05, 0) is 54.5 Å². The minimum absolute atomic E-state index is 0.304. The largest absolute Gasteiger partial charge is 0.404 e. The van der Waals surface area contributed by atoms with E-state index in [2.05, 4.69) is 44.2 Å². The van der Waals surface area contributed by atoms with Gasteiger partial charge in [0, 0.05) is 16.7 Å². The second-order valence-corrected chi connectivity index (χ2v) is 8.06. The van der Waals surface area contributed by atoms with Crippen LogP contribution in [0.25, 0.3) is 11.1 Å². The topological polar surface area (TPSA) is 59.0 Å². The monoisotopic (exact) mass is 414 g/mol. The molecule has 3 nitrogen and oxygen atoms in total. The second kappa shape index (κ2) is 10.2. The van der Waals surface area contributed by atoms with Gasteiger partial charge in [-0.25, -0.2) is 0 Å². The maximum atomic E-state index is 9.71. The lowest BCUT2D eigenvalue weighted by atomic mass is 9.92. The van der Waals surface area contributed by atoms with E-state index in [1.807, 2.05) is 48.7 Å². The average Bonchev–Trinajstić information content (AvgIpc) is 2.78. The summed E-state index contributed by atoms with van der Waals surface area (Å²) in [5, 5.41) is 9.71. The van der Waals surface area contributed by atoms with Crippen LogP contribution in [-0.4, -0.2) is 6.26 Å². The van der Waals surface area contributed by atoms with Gasteiger partial charge in [-0.15, -0.1) is 11.8 Å². The van der Waals surface area contributed by atoms with E-state index >= 15 is 0 Å². The minimum Gasteiger partial charge on any atom is -0.404 e. The number of nitriles is 1. The standard InChI is InChI=1S/C26H26N2OS/c1-18-9-10-19(2)23(13-18)24-14-21(11-12-22(24)15-27)26(25(16-28)30-3)29-17-20-7-5-4-6-8-20/h4-14,16,26H,17,28H2,1-3H3/b25-16-. The molecule has 0 radical (unpaired) electrons. The van der Waals surface area contributed by atoms with Crippen LogP contribution in [0.5, 0.6) is 0 Å². The van der Waals surface area contributed by atoms with Gasteiger partial charge in [0.25, 0.3) is 0 Å². The van der Waals surface area contributed by atoms with E-state index < -0.39 is 0 Å². The molecule has 3 aromatic rings. The normalized spacial score (nSPS) is 12.4. The van der Waals surface area contributed by atoms with Gasteiger partial charge in [-0.1, -0.05) is 60.2 Å². The van der Waals surface area contributed by atoms with Crippen LogP contribution in [0.2, 0.25) is 0 Å². The predicted octanol–water partition coefficient (Wildman–Crippen LogP) is 6.26. The summed E-state index contributed by atoms with van der Waals surface area (Å²) < 4.78 is 6.32. The van der Waals surface area contributed by atoms with Crippen molar-refractivity contribution < 1.29 is 4.74 Å². The molecule has 152 valence electrons. The first-order chi connectivity index (χ1) is 14.6. The Morgan fingerprint density at radius 1 is 1.07 bits per heavy atom. The molecule has 0 bridgehead atoms. The summed E-state index contributed by atoms with van der Waals surface area (Å²) in [7, 11) is 0. The molecule has 0 amide bonds. The summed E-state index contributed by atoms with van der Waals surface area (Å²) in [4.78, 5) is 0.933. The van der Waals surface area contributed by atoms with Crippen molar-refractivity contribution >= 4 is 11.8 Å². The van der Waals surface area contributed by atoms with Crippen molar-refractivity contribution in [2.75, 3.05) is 6.26 Å².